The molecule has 0 aromatic carbocycles. The summed E-state index contributed by atoms with van der Waals surface area (Å²) in [6.07, 6.45) is 5.18. The monoisotopic (exact) mass is 291 g/mol. The van der Waals surface area contributed by atoms with Gasteiger partial charge in [0, 0.05) is 23.5 Å². The Morgan fingerprint density at radius 3 is 3.06 bits per heavy atom. The number of fused-ring (bicyclic) bond motifs is 1. The van der Waals surface area contributed by atoms with Gasteiger partial charge in [-0.25, -0.2) is 9.50 Å². The molecule has 0 N–H and O–H groups in total. The highest BCUT2D eigenvalue weighted by Crippen LogP contribution is 2.12. The van der Waals surface area contributed by atoms with Gasteiger partial charge in [0.15, 0.2) is 11.5 Å². The standard InChI is InChI=1S/C12H10BrN3O/c13-9-5-6-16-12(8-9)14-11(15-16)4-3-10-2-1-7-17-10/h1-2,5-8H,3-4H2. The number of hydrogen-bond donors (Lipinski definition) is 0. The Morgan fingerprint density at radius 2 is 2.24 bits per heavy atom. The van der Waals surface area contributed by atoms with Gasteiger partial charge in [-0.05, 0) is 24.3 Å². The Bertz CT molecular complexity index is 630. The Kier molecular flexibility index (Phi) is 2.68. The lowest BCUT2D eigenvalue weighted by Gasteiger charge is -1.91. The summed E-state index contributed by atoms with van der Waals surface area (Å²) in [6, 6.07) is 7.75. The van der Waals surface area contributed by atoms with E-state index < -0.39 is 0 Å². The van der Waals surface area contributed by atoms with Crippen molar-refractivity contribution in [3.63, 3.8) is 0 Å². The maximum Gasteiger partial charge on any atom is 0.156 e. The molecule has 0 atom stereocenters. The van der Waals surface area contributed by atoms with E-state index in [1.54, 1.807) is 10.8 Å². The van der Waals surface area contributed by atoms with E-state index in [-0.39, 0.29) is 0 Å². The SMILES string of the molecule is Brc1ccn2nc(CCc3ccco3)nc2c1. The van der Waals surface area contributed by atoms with Gasteiger partial charge in [0.1, 0.15) is 5.76 Å². The summed E-state index contributed by atoms with van der Waals surface area (Å²) in [5, 5.41) is 4.40. The van der Waals surface area contributed by atoms with E-state index in [9.17, 15) is 0 Å². The molecule has 0 amide bonds. The highest BCUT2D eigenvalue weighted by Gasteiger charge is 2.05. The van der Waals surface area contributed by atoms with E-state index in [0.717, 1.165) is 34.5 Å². The van der Waals surface area contributed by atoms with E-state index >= 15 is 0 Å². The zero-order chi connectivity index (χ0) is 11.7. The Hall–Kier alpha value is -1.62. The third kappa shape index (κ3) is 2.24. The molecule has 3 heterocycles. The molecule has 0 radical (unpaired) electrons. The van der Waals surface area contributed by atoms with Crippen LogP contribution >= 0.6 is 15.9 Å². The van der Waals surface area contributed by atoms with Crippen LogP contribution < -0.4 is 0 Å². The quantitative estimate of drug-likeness (QED) is 0.745. The van der Waals surface area contributed by atoms with Gasteiger partial charge in [0.2, 0.25) is 0 Å². The summed E-state index contributed by atoms with van der Waals surface area (Å²) in [4.78, 5) is 4.45. The van der Waals surface area contributed by atoms with Gasteiger partial charge in [0.25, 0.3) is 0 Å². The summed E-state index contributed by atoms with van der Waals surface area (Å²) in [6.45, 7) is 0. The highest BCUT2D eigenvalue weighted by atomic mass is 79.9. The predicted molar refractivity (Wildman–Crippen MR) is 66.8 cm³/mol. The van der Waals surface area contributed by atoms with Crippen molar-refractivity contribution in [2.75, 3.05) is 0 Å². The largest absolute Gasteiger partial charge is 0.469 e. The first-order chi connectivity index (χ1) is 8.31. The molecule has 4 nitrogen and oxygen atoms in total. The first kappa shape index (κ1) is 10.5. The van der Waals surface area contributed by atoms with Gasteiger partial charge in [-0.15, -0.1) is 0 Å². The fourth-order valence-electron chi connectivity index (χ4n) is 1.70. The van der Waals surface area contributed by atoms with Crippen LogP contribution in [-0.4, -0.2) is 14.6 Å². The van der Waals surface area contributed by atoms with Gasteiger partial charge in [0.05, 0.1) is 6.26 Å². The van der Waals surface area contributed by atoms with Gasteiger partial charge in [-0.2, -0.15) is 5.10 Å². The van der Waals surface area contributed by atoms with Crippen molar-refractivity contribution >= 4 is 21.6 Å². The molecule has 0 saturated heterocycles. The summed E-state index contributed by atoms with van der Waals surface area (Å²) >= 11 is 3.42. The van der Waals surface area contributed by atoms with Crippen LogP contribution in [0.15, 0.2) is 45.6 Å². The van der Waals surface area contributed by atoms with Crippen LogP contribution in [0.3, 0.4) is 0 Å². The van der Waals surface area contributed by atoms with Gasteiger partial charge in [-0.1, -0.05) is 15.9 Å². The first-order valence-corrected chi connectivity index (χ1v) is 6.14. The molecule has 0 unspecified atom stereocenters. The Labute approximate surface area is 106 Å². The molecule has 0 fully saturated rings. The number of aryl methyl sites for hydroxylation is 2. The van der Waals surface area contributed by atoms with Crippen LogP contribution in [0.2, 0.25) is 0 Å². The van der Waals surface area contributed by atoms with Gasteiger partial charge in [-0.3, -0.25) is 0 Å². The normalized spacial score (nSPS) is 11.1. The van der Waals surface area contributed by atoms with E-state index in [4.69, 9.17) is 4.42 Å². The van der Waals surface area contributed by atoms with Crippen molar-refractivity contribution in [1.82, 2.24) is 14.6 Å². The minimum Gasteiger partial charge on any atom is -0.469 e. The lowest BCUT2D eigenvalue weighted by Crippen LogP contribution is -1.93. The van der Waals surface area contributed by atoms with Crippen molar-refractivity contribution in [1.29, 1.82) is 0 Å². The van der Waals surface area contributed by atoms with Crippen molar-refractivity contribution in [2.24, 2.45) is 0 Å². The zero-order valence-corrected chi connectivity index (χ0v) is 10.6. The van der Waals surface area contributed by atoms with Crippen molar-refractivity contribution < 1.29 is 4.42 Å². The summed E-state index contributed by atoms with van der Waals surface area (Å²) in [5.74, 6) is 1.80. The number of pyridine rings is 1. The molecular formula is C12H10BrN3O. The highest BCUT2D eigenvalue weighted by molar-refractivity contribution is 9.10. The maximum absolute atomic E-state index is 5.28. The molecule has 0 spiro atoms. The van der Waals surface area contributed by atoms with E-state index in [0.29, 0.717) is 0 Å². The number of rotatable bonds is 3. The molecule has 5 heteroatoms. The Balaban J connectivity index is 1.81. The average molecular weight is 292 g/mol. The third-order valence-electron chi connectivity index (χ3n) is 2.52. The predicted octanol–water partition coefficient (Wildman–Crippen LogP) is 2.87. The van der Waals surface area contributed by atoms with E-state index in [2.05, 4.69) is 26.0 Å². The minimum atomic E-state index is 0.785. The molecule has 0 aliphatic carbocycles. The van der Waals surface area contributed by atoms with E-state index in [1.165, 1.54) is 0 Å². The van der Waals surface area contributed by atoms with Crippen LogP contribution in [0.25, 0.3) is 5.65 Å². The molecule has 0 saturated carbocycles. The summed E-state index contributed by atoms with van der Waals surface area (Å²) in [7, 11) is 0. The van der Waals surface area contributed by atoms with Crippen molar-refractivity contribution in [3.05, 3.63) is 52.8 Å². The number of nitrogens with zero attached hydrogens (tertiary/aromatic N) is 3. The van der Waals surface area contributed by atoms with Gasteiger partial charge < -0.3 is 4.42 Å². The van der Waals surface area contributed by atoms with Crippen molar-refractivity contribution in [3.8, 4) is 0 Å². The van der Waals surface area contributed by atoms with Crippen LogP contribution in [0, 0.1) is 0 Å². The molecule has 3 rings (SSSR count). The van der Waals surface area contributed by atoms with Crippen LogP contribution in [-0.2, 0) is 12.8 Å². The fraction of sp³-hybridized carbons (Fsp3) is 0.167. The molecule has 3 aromatic rings. The first-order valence-electron chi connectivity index (χ1n) is 5.34. The lowest BCUT2D eigenvalue weighted by atomic mass is 10.2. The second-order valence-electron chi connectivity index (χ2n) is 3.76. The molecule has 0 aliphatic heterocycles. The average Bonchev–Trinajstić information content (AvgIpc) is 2.94. The maximum atomic E-state index is 5.28. The second-order valence-corrected chi connectivity index (χ2v) is 4.67. The smallest absolute Gasteiger partial charge is 0.156 e. The number of halogens is 1. The minimum absolute atomic E-state index is 0.785. The topological polar surface area (TPSA) is 43.3 Å². The lowest BCUT2D eigenvalue weighted by molar-refractivity contribution is 0.506. The van der Waals surface area contributed by atoms with Crippen LogP contribution in [0.4, 0.5) is 0 Å². The van der Waals surface area contributed by atoms with Crippen LogP contribution in [0.1, 0.15) is 11.6 Å². The van der Waals surface area contributed by atoms with Crippen molar-refractivity contribution in [2.45, 2.75) is 12.8 Å². The third-order valence-corrected chi connectivity index (χ3v) is 3.01. The molecule has 17 heavy (non-hydrogen) atoms. The molecular weight excluding hydrogens is 282 g/mol. The van der Waals surface area contributed by atoms with E-state index in [1.807, 2.05) is 30.5 Å². The molecule has 0 bridgehead atoms. The summed E-state index contributed by atoms with van der Waals surface area (Å²) < 4.78 is 8.07. The van der Waals surface area contributed by atoms with Crippen LogP contribution in [0.5, 0.6) is 0 Å². The summed E-state index contributed by atoms with van der Waals surface area (Å²) in [5.41, 5.74) is 0.855. The Morgan fingerprint density at radius 1 is 1.29 bits per heavy atom. The molecule has 0 aliphatic rings. The second kappa shape index (κ2) is 4.33. The fourth-order valence-corrected chi connectivity index (χ4v) is 2.02. The number of hydrogen-bond acceptors (Lipinski definition) is 3. The number of furan rings is 1. The van der Waals surface area contributed by atoms with Gasteiger partial charge >= 0.3 is 0 Å². The molecule has 3 aromatic heterocycles. The zero-order valence-electron chi connectivity index (χ0n) is 9.01. The number of aromatic nitrogens is 3. The molecule has 86 valence electrons.